The lowest BCUT2D eigenvalue weighted by Crippen LogP contribution is -2.32. The molecule has 0 spiro atoms. The third kappa shape index (κ3) is 3.97. The van der Waals surface area contributed by atoms with E-state index in [1.165, 1.54) is 4.57 Å². The normalized spacial score (nSPS) is 10.6. The minimum Gasteiger partial charge on any atom is -0.484 e. The van der Waals surface area contributed by atoms with E-state index in [2.05, 4.69) is 10.3 Å². The zero-order chi connectivity index (χ0) is 17.8. The molecule has 2 aromatic carbocycles. The van der Waals surface area contributed by atoms with Gasteiger partial charge in [-0.25, -0.2) is 4.98 Å². The summed E-state index contributed by atoms with van der Waals surface area (Å²) in [7, 11) is 1.63. The number of hydrogen-bond acceptors (Lipinski definition) is 4. The maximum absolute atomic E-state index is 12.3. The first-order chi connectivity index (χ1) is 12.0. The Balaban J connectivity index is 1.64. The van der Waals surface area contributed by atoms with Gasteiger partial charge in [-0.1, -0.05) is 23.7 Å². The average Bonchev–Trinajstić information content (AvgIpc) is 2.63. The molecule has 6 nitrogen and oxygen atoms in total. The van der Waals surface area contributed by atoms with Gasteiger partial charge in [0.1, 0.15) is 11.6 Å². The van der Waals surface area contributed by atoms with Crippen LogP contribution in [0.25, 0.3) is 10.9 Å². The molecule has 1 N–H and O–H groups in total. The Bertz CT molecular complexity index is 967. The van der Waals surface area contributed by atoms with E-state index in [1.54, 1.807) is 49.5 Å². The second kappa shape index (κ2) is 7.36. The van der Waals surface area contributed by atoms with Crippen molar-refractivity contribution >= 4 is 28.4 Å². The molecule has 0 saturated carbocycles. The first-order valence-corrected chi connectivity index (χ1v) is 8.02. The zero-order valence-corrected chi connectivity index (χ0v) is 14.3. The van der Waals surface area contributed by atoms with Gasteiger partial charge in [-0.3, -0.25) is 14.2 Å². The number of ether oxygens (including phenoxy) is 1. The summed E-state index contributed by atoms with van der Waals surface area (Å²) in [5.74, 6) is 0.719. The molecule has 0 aliphatic heterocycles. The van der Waals surface area contributed by atoms with E-state index < -0.39 is 0 Å². The van der Waals surface area contributed by atoms with Crippen molar-refractivity contribution in [3.05, 3.63) is 69.7 Å². The third-order valence-corrected chi connectivity index (χ3v) is 3.95. The molecule has 1 heterocycles. The fourth-order valence-electron chi connectivity index (χ4n) is 2.33. The summed E-state index contributed by atoms with van der Waals surface area (Å²) in [5.41, 5.74) is 0.458. The van der Waals surface area contributed by atoms with Crippen LogP contribution in [0.15, 0.2) is 53.3 Å². The fraction of sp³-hybridized carbons (Fsp3) is 0.167. The predicted octanol–water partition coefficient (Wildman–Crippen LogP) is 2.28. The van der Waals surface area contributed by atoms with Gasteiger partial charge in [-0.05, 0) is 36.4 Å². The minimum atomic E-state index is -0.308. The highest BCUT2D eigenvalue weighted by molar-refractivity contribution is 6.30. The molecule has 0 bridgehead atoms. The Morgan fingerprint density at radius 3 is 2.68 bits per heavy atom. The molecule has 3 rings (SSSR count). The second-order valence-corrected chi connectivity index (χ2v) is 5.87. The van der Waals surface area contributed by atoms with E-state index in [0.717, 1.165) is 0 Å². The van der Waals surface area contributed by atoms with E-state index in [-0.39, 0.29) is 24.6 Å². The number of fused-ring (bicyclic) bond motifs is 1. The number of para-hydroxylation sites is 1. The number of carbonyl (C=O) groups excluding carboxylic acids is 1. The van der Waals surface area contributed by atoms with Crippen LogP contribution in [0, 0.1) is 0 Å². The molecular formula is C18H16ClN3O3. The number of rotatable bonds is 5. The van der Waals surface area contributed by atoms with E-state index in [1.807, 2.05) is 6.07 Å². The van der Waals surface area contributed by atoms with Crippen LogP contribution in [-0.2, 0) is 18.4 Å². The van der Waals surface area contributed by atoms with Crippen molar-refractivity contribution in [1.82, 2.24) is 14.9 Å². The molecule has 0 radical (unpaired) electrons. The van der Waals surface area contributed by atoms with Gasteiger partial charge in [-0.15, -0.1) is 0 Å². The Labute approximate surface area is 149 Å². The molecule has 1 amide bonds. The fourth-order valence-corrected chi connectivity index (χ4v) is 2.46. The molecule has 0 saturated heterocycles. The monoisotopic (exact) mass is 357 g/mol. The maximum Gasteiger partial charge on any atom is 0.261 e. The second-order valence-electron chi connectivity index (χ2n) is 5.43. The van der Waals surface area contributed by atoms with Crippen molar-refractivity contribution in [2.75, 3.05) is 6.61 Å². The lowest BCUT2D eigenvalue weighted by Gasteiger charge is -2.11. The van der Waals surface area contributed by atoms with Crippen LogP contribution in [0.4, 0.5) is 0 Å². The number of amides is 1. The lowest BCUT2D eigenvalue weighted by molar-refractivity contribution is -0.123. The molecule has 1 aromatic heterocycles. The highest BCUT2D eigenvalue weighted by atomic mass is 35.5. The summed E-state index contributed by atoms with van der Waals surface area (Å²) in [6.45, 7) is 0.00253. The topological polar surface area (TPSA) is 73.2 Å². The molecule has 0 atom stereocenters. The van der Waals surface area contributed by atoms with Crippen molar-refractivity contribution in [2.45, 2.75) is 6.54 Å². The van der Waals surface area contributed by atoms with Crippen LogP contribution in [0.5, 0.6) is 5.75 Å². The summed E-state index contributed by atoms with van der Waals surface area (Å²) < 4.78 is 6.81. The van der Waals surface area contributed by atoms with Crippen LogP contribution < -0.4 is 15.6 Å². The lowest BCUT2D eigenvalue weighted by atomic mass is 10.2. The SMILES string of the molecule is Cn1c(CNC(=O)COc2ccc(Cl)cc2)nc2ccccc2c1=O. The number of aromatic nitrogens is 2. The van der Waals surface area contributed by atoms with Crippen LogP contribution in [0.1, 0.15) is 5.82 Å². The first kappa shape index (κ1) is 17.0. The van der Waals surface area contributed by atoms with Crippen molar-refractivity contribution in [1.29, 1.82) is 0 Å². The summed E-state index contributed by atoms with van der Waals surface area (Å²) in [6.07, 6.45) is 0. The highest BCUT2D eigenvalue weighted by Gasteiger charge is 2.09. The van der Waals surface area contributed by atoms with Crippen molar-refractivity contribution < 1.29 is 9.53 Å². The molecule has 25 heavy (non-hydrogen) atoms. The molecule has 0 aliphatic rings. The van der Waals surface area contributed by atoms with Crippen LogP contribution in [0.2, 0.25) is 5.02 Å². The van der Waals surface area contributed by atoms with Gasteiger partial charge in [0.15, 0.2) is 6.61 Å². The summed E-state index contributed by atoms with van der Waals surface area (Å²) in [5, 5.41) is 3.85. The van der Waals surface area contributed by atoms with Gasteiger partial charge in [0.05, 0.1) is 17.4 Å². The van der Waals surface area contributed by atoms with E-state index in [0.29, 0.717) is 27.5 Å². The maximum atomic E-state index is 12.3. The molecule has 7 heteroatoms. The molecule has 0 fully saturated rings. The van der Waals surface area contributed by atoms with Gasteiger partial charge < -0.3 is 10.1 Å². The van der Waals surface area contributed by atoms with Crippen LogP contribution in [0.3, 0.4) is 0 Å². The summed E-state index contributed by atoms with van der Waals surface area (Å²) in [4.78, 5) is 28.7. The largest absolute Gasteiger partial charge is 0.484 e. The highest BCUT2D eigenvalue weighted by Crippen LogP contribution is 2.15. The summed E-state index contributed by atoms with van der Waals surface area (Å²) in [6, 6.07) is 13.8. The number of hydrogen-bond donors (Lipinski definition) is 1. The molecule has 3 aromatic rings. The van der Waals surface area contributed by atoms with E-state index >= 15 is 0 Å². The Hall–Kier alpha value is -2.86. The standard InChI is InChI=1S/C18H16ClN3O3/c1-22-16(21-15-5-3-2-4-14(15)18(22)24)10-20-17(23)11-25-13-8-6-12(19)7-9-13/h2-9H,10-11H2,1H3,(H,20,23). The molecular weight excluding hydrogens is 342 g/mol. The number of benzene rings is 2. The van der Waals surface area contributed by atoms with E-state index in [9.17, 15) is 9.59 Å². The number of carbonyl (C=O) groups is 1. The Kier molecular flexibility index (Phi) is 5.00. The van der Waals surface area contributed by atoms with E-state index in [4.69, 9.17) is 16.3 Å². The van der Waals surface area contributed by atoms with Crippen molar-refractivity contribution in [3.63, 3.8) is 0 Å². The number of halogens is 1. The Morgan fingerprint density at radius 2 is 1.92 bits per heavy atom. The quantitative estimate of drug-likeness (QED) is 0.760. The van der Waals surface area contributed by atoms with Crippen LogP contribution in [-0.4, -0.2) is 22.1 Å². The molecule has 0 aliphatic carbocycles. The van der Waals surface area contributed by atoms with Gasteiger partial charge in [0.25, 0.3) is 11.5 Å². The minimum absolute atomic E-state index is 0.136. The predicted molar refractivity (Wildman–Crippen MR) is 95.8 cm³/mol. The zero-order valence-electron chi connectivity index (χ0n) is 13.5. The van der Waals surface area contributed by atoms with Gasteiger partial charge in [0.2, 0.25) is 0 Å². The number of nitrogens with zero attached hydrogens (tertiary/aromatic N) is 2. The third-order valence-electron chi connectivity index (χ3n) is 3.70. The average molecular weight is 358 g/mol. The van der Waals surface area contributed by atoms with Crippen molar-refractivity contribution in [2.24, 2.45) is 7.05 Å². The molecule has 128 valence electrons. The Morgan fingerprint density at radius 1 is 1.20 bits per heavy atom. The van der Waals surface area contributed by atoms with Gasteiger partial charge in [-0.2, -0.15) is 0 Å². The first-order valence-electron chi connectivity index (χ1n) is 7.64. The summed E-state index contributed by atoms with van der Waals surface area (Å²) >= 11 is 5.79. The molecule has 0 unspecified atom stereocenters. The van der Waals surface area contributed by atoms with Gasteiger partial charge in [0, 0.05) is 12.1 Å². The van der Waals surface area contributed by atoms with Crippen molar-refractivity contribution in [3.8, 4) is 5.75 Å². The number of nitrogens with one attached hydrogen (secondary N) is 1. The van der Waals surface area contributed by atoms with Crippen LogP contribution >= 0.6 is 11.6 Å². The van der Waals surface area contributed by atoms with Gasteiger partial charge >= 0.3 is 0 Å². The smallest absolute Gasteiger partial charge is 0.261 e.